The number of carbonyl (C=O) groups excluding carboxylic acids is 1. The topological polar surface area (TPSA) is 150 Å². The van der Waals surface area contributed by atoms with Gasteiger partial charge in [0, 0.05) is 22.3 Å². The molecule has 1 aliphatic rings. The van der Waals surface area contributed by atoms with Crippen molar-refractivity contribution in [2.45, 2.75) is 19.4 Å². The van der Waals surface area contributed by atoms with E-state index >= 15 is 0 Å². The molecule has 37 heavy (non-hydrogen) atoms. The Bertz CT molecular complexity index is 1480. The standard InChI is InChI=1S/C23H21Br2N9O3/c1-36-20-14(9-15(24)10-16(20)25)11-27-29-23(35)19-18(34(32-28-19)22-21(26)30-37-31-22)12-33-8-4-6-13-5-2-3-7-17(13)33/h2-3,5,7,9-11H,4,6,8,12H2,1H3,(H2,26,30)(H,29,35). The zero-order valence-electron chi connectivity index (χ0n) is 19.6. The smallest absolute Gasteiger partial charge is 0.293 e. The third-order valence-electron chi connectivity index (χ3n) is 5.83. The van der Waals surface area contributed by atoms with E-state index in [-0.39, 0.29) is 17.3 Å². The fourth-order valence-electron chi connectivity index (χ4n) is 4.19. The Labute approximate surface area is 228 Å². The van der Waals surface area contributed by atoms with Gasteiger partial charge in [0.2, 0.25) is 11.6 Å². The van der Waals surface area contributed by atoms with E-state index in [4.69, 9.17) is 15.1 Å². The van der Waals surface area contributed by atoms with Gasteiger partial charge in [-0.05, 0) is 62.8 Å². The summed E-state index contributed by atoms with van der Waals surface area (Å²) in [4.78, 5) is 15.4. The van der Waals surface area contributed by atoms with Crippen molar-refractivity contribution in [3.63, 3.8) is 0 Å². The number of hydrazone groups is 1. The highest BCUT2D eigenvalue weighted by Crippen LogP contribution is 2.32. The Morgan fingerprint density at radius 2 is 2.14 bits per heavy atom. The van der Waals surface area contributed by atoms with Crippen molar-refractivity contribution in [3.05, 3.63) is 67.9 Å². The van der Waals surface area contributed by atoms with Gasteiger partial charge in [0.15, 0.2) is 5.69 Å². The number of nitrogen functional groups attached to an aromatic ring is 1. The number of halogens is 2. The fourth-order valence-corrected chi connectivity index (χ4v) is 5.61. The van der Waals surface area contributed by atoms with Gasteiger partial charge in [-0.3, -0.25) is 4.79 Å². The van der Waals surface area contributed by atoms with Crippen LogP contribution in [0.15, 0.2) is 55.1 Å². The number of anilines is 2. The Kier molecular flexibility index (Phi) is 7.19. The SMILES string of the molecule is COc1c(Br)cc(Br)cc1C=NNC(=O)c1nnn(-c2nonc2N)c1CN1CCCc2ccccc21. The molecule has 0 saturated carbocycles. The summed E-state index contributed by atoms with van der Waals surface area (Å²) in [5.41, 5.74) is 12.0. The number of hydrogen-bond donors (Lipinski definition) is 2. The number of para-hydroxylation sites is 1. The number of fused-ring (bicyclic) bond motifs is 1. The number of methoxy groups -OCH3 is 1. The van der Waals surface area contributed by atoms with E-state index in [0.29, 0.717) is 23.6 Å². The lowest BCUT2D eigenvalue weighted by molar-refractivity contribution is 0.0949. The summed E-state index contributed by atoms with van der Waals surface area (Å²) in [6.07, 6.45) is 3.44. The molecule has 1 amide bonds. The molecule has 0 unspecified atom stereocenters. The first-order valence-electron chi connectivity index (χ1n) is 11.2. The number of nitrogens with two attached hydrogens (primary N) is 1. The number of aromatic nitrogens is 5. The van der Waals surface area contributed by atoms with E-state index in [1.54, 1.807) is 7.11 Å². The molecule has 0 fully saturated rings. The third kappa shape index (κ3) is 5.06. The van der Waals surface area contributed by atoms with Crippen LogP contribution in [0.5, 0.6) is 5.75 Å². The summed E-state index contributed by atoms with van der Waals surface area (Å²) in [7, 11) is 1.55. The summed E-state index contributed by atoms with van der Waals surface area (Å²) in [6, 6.07) is 11.8. The van der Waals surface area contributed by atoms with E-state index in [1.807, 2.05) is 24.3 Å². The van der Waals surface area contributed by atoms with Gasteiger partial charge in [0.1, 0.15) is 5.75 Å². The second-order valence-corrected chi connectivity index (χ2v) is 9.90. The molecule has 3 N–H and O–H groups in total. The first kappa shape index (κ1) is 24.9. The van der Waals surface area contributed by atoms with Crippen LogP contribution >= 0.6 is 31.9 Å². The molecule has 0 radical (unpaired) electrons. The molecule has 0 spiro atoms. The van der Waals surface area contributed by atoms with Crippen molar-refractivity contribution in [2.75, 3.05) is 24.3 Å². The zero-order valence-corrected chi connectivity index (χ0v) is 22.7. The Morgan fingerprint density at radius 1 is 1.30 bits per heavy atom. The average Bonchev–Trinajstić information content (AvgIpc) is 3.49. The highest BCUT2D eigenvalue weighted by atomic mass is 79.9. The number of rotatable bonds is 7. The summed E-state index contributed by atoms with van der Waals surface area (Å²) in [6.45, 7) is 1.13. The third-order valence-corrected chi connectivity index (χ3v) is 6.88. The van der Waals surface area contributed by atoms with Crippen molar-refractivity contribution in [1.82, 2.24) is 30.7 Å². The van der Waals surface area contributed by atoms with E-state index < -0.39 is 5.91 Å². The molecule has 3 heterocycles. The van der Waals surface area contributed by atoms with Gasteiger partial charge in [-0.2, -0.15) is 9.78 Å². The van der Waals surface area contributed by atoms with Crippen molar-refractivity contribution >= 4 is 55.5 Å². The molecule has 5 rings (SSSR count). The molecular formula is C23H21Br2N9O3. The largest absolute Gasteiger partial charge is 0.495 e. The molecule has 190 valence electrons. The van der Waals surface area contributed by atoms with Crippen molar-refractivity contribution < 1.29 is 14.2 Å². The zero-order chi connectivity index (χ0) is 25.9. The average molecular weight is 631 g/mol. The second kappa shape index (κ2) is 10.7. The van der Waals surface area contributed by atoms with Crippen LogP contribution in [0.25, 0.3) is 5.82 Å². The minimum Gasteiger partial charge on any atom is -0.495 e. The molecule has 4 aromatic rings. The molecule has 12 nitrogen and oxygen atoms in total. The number of nitrogens with zero attached hydrogens (tertiary/aromatic N) is 7. The van der Waals surface area contributed by atoms with E-state index in [9.17, 15) is 4.79 Å². The summed E-state index contributed by atoms with van der Waals surface area (Å²) >= 11 is 6.89. The molecule has 14 heteroatoms. The van der Waals surface area contributed by atoms with Crippen molar-refractivity contribution in [3.8, 4) is 11.6 Å². The lowest BCUT2D eigenvalue weighted by Gasteiger charge is -2.31. The molecule has 1 aliphatic heterocycles. The highest BCUT2D eigenvalue weighted by Gasteiger charge is 2.27. The van der Waals surface area contributed by atoms with Gasteiger partial charge in [-0.15, -0.1) is 5.10 Å². The Balaban J connectivity index is 1.46. The number of amides is 1. The Morgan fingerprint density at radius 3 is 2.92 bits per heavy atom. The van der Waals surface area contributed by atoms with Crippen LogP contribution in [-0.4, -0.2) is 51.1 Å². The molecule has 0 saturated heterocycles. The fraction of sp³-hybridized carbons (Fsp3) is 0.217. The monoisotopic (exact) mass is 629 g/mol. The van der Waals surface area contributed by atoms with Crippen LogP contribution < -0.4 is 20.8 Å². The van der Waals surface area contributed by atoms with Crippen LogP contribution in [0, 0.1) is 0 Å². The predicted octanol–water partition coefficient (Wildman–Crippen LogP) is 3.48. The number of benzene rings is 2. The molecule has 2 aromatic heterocycles. The highest BCUT2D eigenvalue weighted by molar-refractivity contribution is 9.11. The van der Waals surface area contributed by atoms with Gasteiger partial charge in [-0.25, -0.2) is 10.1 Å². The Hall–Kier alpha value is -3.78. The number of carbonyl (C=O) groups is 1. The van der Waals surface area contributed by atoms with Crippen LogP contribution in [-0.2, 0) is 13.0 Å². The predicted molar refractivity (Wildman–Crippen MR) is 143 cm³/mol. The maximum Gasteiger partial charge on any atom is 0.293 e. The minimum atomic E-state index is -0.550. The number of nitrogens with one attached hydrogen (secondary N) is 1. The number of aryl methyl sites for hydroxylation is 1. The minimum absolute atomic E-state index is 0.0301. The van der Waals surface area contributed by atoms with Gasteiger partial charge in [-0.1, -0.05) is 39.3 Å². The second-order valence-electron chi connectivity index (χ2n) is 8.13. The van der Waals surface area contributed by atoms with Crippen molar-refractivity contribution in [1.29, 1.82) is 0 Å². The van der Waals surface area contributed by atoms with E-state index in [1.165, 1.54) is 16.5 Å². The van der Waals surface area contributed by atoms with Gasteiger partial charge < -0.3 is 15.4 Å². The first-order chi connectivity index (χ1) is 18.0. The molecule has 0 atom stereocenters. The summed E-state index contributed by atoms with van der Waals surface area (Å²) < 4.78 is 13.1. The van der Waals surface area contributed by atoms with Crippen LogP contribution in [0.3, 0.4) is 0 Å². The van der Waals surface area contributed by atoms with Gasteiger partial charge >= 0.3 is 0 Å². The lowest BCUT2D eigenvalue weighted by Crippen LogP contribution is -2.31. The van der Waals surface area contributed by atoms with E-state index in [2.05, 4.69) is 80.0 Å². The molecule has 0 aliphatic carbocycles. The van der Waals surface area contributed by atoms with Gasteiger partial charge in [0.25, 0.3) is 5.91 Å². The maximum atomic E-state index is 13.2. The first-order valence-corrected chi connectivity index (χ1v) is 12.8. The summed E-state index contributed by atoms with van der Waals surface area (Å²) in [5.74, 6) is 0.207. The molecule has 0 bridgehead atoms. The normalized spacial score (nSPS) is 13.1. The van der Waals surface area contributed by atoms with Crippen molar-refractivity contribution in [2.24, 2.45) is 5.10 Å². The molecular weight excluding hydrogens is 610 g/mol. The van der Waals surface area contributed by atoms with E-state index in [0.717, 1.165) is 34.0 Å². The summed E-state index contributed by atoms with van der Waals surface area (Å²) in [5, 5.41) is 19.8. The quantitative estimate of drug-likeness (QED) is 0.231. The lowest BCUT2D eigenvalue weighted by atomic mass is 10.0. The maximum absolute atomic E-state index is 13.2. The van der Waals surface area contributed by atoms with Crippen LogP contribution in [0.4, 0.5) is 11.5 Å². The molecule has 2 aromatic carbocycles. The number of hydrogen-bond acceptors (Lipinski definition) is 10. The van der Waals surface area contributed by atoms with Crippen LogP contribution in [0.1, 0.15) is 33.7 Å². The number of ether oxygens (including phenoxy) is 1. The van der Waals surface area contributed by atoms with Crippen LogP contribution in [0.2, 0.25) is 0 Å². The van der Waals surface area contributed by atoms with Gasteiger partial charge in [0.05, 0.1) is 30.0 Å².